The van der Waals surface area contributed by atoms with Crippen LogP contribution in [0.1, 0.15) is 43.9 Å². The molecule has 1 saturated carbocycles. The predicted molar refractivity (Wildman–Crippen MR) is 79.0 cm³/mol. The number of aliphatic hydroxyl groups is 1. The second-order valence-corrected chi connectivity index (χ2v) is 7.29. The number of piperidine rings is 1. The smallest absolute Gasteiger partial charge is 0.213 e. The molecular formula is C17H25ClN2O2. The molecule has 0 unspecified atom stereocenters. The SMILES string of the molecule is COc1ccc2c(n1)C[C@@H]1C[C@H](C)C[C@]23[NH2+]CCC[C@]13O.[Cl-]. The summed E-state index contributed by atoms with van der Waals surface area (Å²) in [7, 11) is 1.67. The number of nitrogens with two attached hydrogens (primary N) is 1. The monoisotopic (exact) mass is 324 g/mol. The second-order valence-electron chi connectivity index (χ2n) is 7.29. The summed E-state index contributed by atoms with van der Waals surface area (Å²) in [4.78, 5) is 4.70. The van der Waals surface area contributed by atoms with Crippen LogP contribution in [-0.2, 0) is 12.0 Å². The van der Waals surface area contributed by atoms with Crippen molar-refractivity contribution in [3.63, 3.8) is 0 Å². The summed E-state index contributed by atoms with van der Waals surface area (Å²) < 4.78 is 5.30. The third-order valence-corrected chi connectivity index (χ3v) is 6.14. The van der Waals surface area contributed by atoms with Gasteiger partial charge in [-0.2, -0.15) is 0 Å². The van der Waals surface area contributed by atoms with E-state index in [4.69, 9.17) is 9.72 Å². The number of pyridine rings is 1. The Morgan fingerprint density at radius 1 is 1.41 bits per heavy atom. The third kappa shape index (κ3) is 1.93. The van der Waals surface area contributed by atoms with E-state index in [-0.39, 0.29) is 17.9 Å². The third-order valence-electron chi connectivity index (χ3n) is 6.14. The Bertz CT molecular complexity index is 582. The van der Waals surface area contributed by atoms with Gasteiger partial charge in [0.05, 0.1) is 19.3 Å². The summed E-state index contributed by atoms with van der Waals surface area (Å²) in [5.74, 6) is 1.70. The highest BCUT2D eigenvalue weighted by molar-refractivity contribution is 5.39. The highest BCUT2D eigenvalue weighted by atomic mass is 35.5. The fourth-order valence-corrected chi connectivity index (χ4v) is 5.36. The summed E-state index contributed by atoms with van der Waals surface area (Å²) in [6.07, 6.45) is 5.11. The molecule has 0 aromatic carbocycles. The summed E-state index contributed by atoms with van der Waals surface area (Å²) in [5, 5.41) is 14.0. The van der Waals surface area contributed by atoms with Gasteiger partial charge in [0.2, 0.25) is 5.88 Å². The molecule has 3 N–H and O–H groups in total. The van der Waals surface area contributed by atoms with Crippen molar-refractivity contribution in [1.29, 1.82) is 0 Å². The molecule has 4 rings (SSSR count). The zero-order chi connectivity index (χ0) is 14.7. The fourth-order valence-electron chi connectivity index (χ4n) is 5.36. The zero-order valence-corrected chi connectivity index (χ0v) is 14.1. The molecule has 1 aromatic heterocycles. The number of quaternary nitrogens is 1. The predicted octanol–water partition coefficient (Wildman–Crippen LogP) is -2.02. The number of methoxy groups -OCH3 is 1. The van der Waals surface area contributed by atoms with E-state index >= 15 is 0 Å². The standard InChI is InChI=1S/C17H24N2O2.ClH/c1-11-8-12-9-14-13(4-5-15(19-14)21-2)16(10-11)17(12,20)6-3-7-18-16;/h4-5,11-12,18,20H,3,6-10H2,1-2H3;1H/t11-,12-,16-,17-;/m0./s1. The molecule has 2 bridgehead atoms. The van der Waals surface area contributed by atoms with Gasteiger partial charge >= 0.3 is 0 Å². The van der Waals surface area contributed by atoms with Gasteiger partial charge in [-0.05, 0) is 43.6 Å². The van der Waals surface area contributed by atoms with Crippen LogP contribution in [-0.4, -0.2) is 29.3 Å². The Morgan fingerprint density at radius 3 is 3.00 bits per heavy atom. The van der Waals surface area contributed by atoms with Crippen LogP contribution in [0.4, 0.5) is 0 Å². The molecule has 3 aliphatic rings. The minimum Gasteiger partial charge on any atom is -1.00 e. The van der Waals surface area contributed by atoms with E-state index in [1.54, 1.807) is 7.11 Å². The molecule has 1 aliphatic heterocycles. The van der Waals surface area contributed by atoms with Crippen molar-refractivity contribution in [3.8, 4) is 5.88 Å². The van der Waals surface area contributed by atoms with Crippen molar-refractivity contribution in [3.05, 3.63) is 23.4 Å². The van der Waals surface area contributed by atoms with Crippen LogP contribution in [0.5, 0.6) is 5.88 Å². The van der Waals surface area contributed by atoms with Crippen LogP contribution < -0.4 is 22.5 Å². The van der Waals surface area contributed by atoms with Gasteiger partial charge in [0.25, 0.3) is 0 Å². The minimum atomic E-state index is -0.555. The van der Waals surface area contributed by atoms with E-state index in [1.807, 2.05) is 6.07 Å². The lowest BCUT2D eigenvalue weighted by molar-refractivity contribution is -0.770. The lowest BCUT2D eigenvalue weighted by Gasteiger charge is -2.59. The summed E-state index contributed by atoms with van der Waals surface area (Å²) in [6, 6.07) is 4.11. The quantitative estimate of drug-likeness (QED) is 0.627. The van der Waals surface area contributed by atoms with Gasteiger partial charge in [0, 0.05) is 18.1 Å². The van der Waals surface area contributed by atoms with Crippen LogP contribution in [0.15, 0.2) is 12.1 Å². The molecule has 0 amide bonds. The minimum absolute atomic E-state index is 0. The first kappa shape index (κ1) is 16.0. The number of aromatic nitrogens is 1. The van der Waals surface area contributed by atoms with E-state index in [0.29, 0.717) is 17.7 Å². The Labute approximate surface area is 138 Å². The van der Waals surface area contributed by atoms with Crippen LogP contribution >= 0.6 is 0 Å². The molecule has 4 nitrogen and oxygen atoms in total. The maximum Gasteiger partial charge on any atom is 0.213 e. The highest BCUT2D eigenvalue weighted by Crippen LogP contribution is 2.55. The van der Waals surface area contributed by atoms with E-state index in [0.717, 1.165) is 44.3 Å². The lowest BCUT2D eigenvalue weighted by atomic mass is 9.51. The molecule has 5 heteroatoms. The topological polar surface area (TPSA) is 59.0 Å². The van der Waals surface area contributed by atoms with Crippen LogP contribution in [0, 0.1) is 11.8 Å². The van der Waals surface area contributed by atoms with Gasteiger partial charge in [-0.1, -0.05) is 6.92 Å². The van der Waals surface area contributed by atoms with Crippen molar-refractivity contribution in [1.82, 2.24) is 4.98 Å². The highest BCUT2D eigenvalue weighted by Gasteiger charge is 2.66. The van der Waals surface area contributed by atoms with Crippen LogP contribution in [0.2, 0.25) is 0 Å². The average molecular weight is 325 g/mol. The van der Waals surface area contributed by atoms with E-state index < -0.39 is 5.60 Å². The Kier molecular flexibility index (Phi) is 3.91. The molecule has 2 heterocycles. The molecule has 0 spiro atoms. The molecule has 2 aliphatic carbocycles. The molecule has 1 aromatic rings. The largest absolute Gasteiger partial charge is 1.00 e. The number of ether oxygens (including phenoxy) is 1. The molecular weight excluding hydrogens is 300 g/mol. The number of fused-ring (bicyclic) bond motifs is 1. The Balaban J connectivity index is 0.00000144. The number of halogens is 1. The fraction of sp³-hybridized carbons (Fsp3) is 0.706. The normalized spacial score (nSPS) is 39.2. The Morgan fingerprint density at radius 2 is 2.23 bits per heavy atom. The lowest BCUT2D eigenvalue weighted by Crippen LogP contribution is -3.03. The van der Waals surface area contributed by atoms with Crippen LogP contribution in [0.3, 0.4) is 0 Å². The Hall–Kier alpha value is -0.840. The number of hydrogen-bond donors (Lipinski definition) is 2. The molecule has 22 heavy (non-hydrogen) atoms. The van der Waals surface area contributed by atoms with Gasteiger partial charge in [0.15, 0.2) is 5.54 Å². The van der Waals surface area contributed by atoms with E-state index in [2.05, 4.69) is 18.3 Å². The van der Waals surface area contributed by atoms with Gasteiger partial charge in [-0.15, -0.1) is 0 Å². The molecule has 122 valence electrons. The number of hydrogen-bond acceptors (Lipinski definition) is 3. The summed E-state index contributed by atoms with van der Waals surface area (Å²) in [5.41, 5.74) is 1.67. The van der Waals surface area contributed by atoms with Gasteiger partial charge in [0.1, 0.15) is 5.60 Å². The first-order valence-electron chi connectivity index (χ1n) is 8.20. The molecule has 4 atom stereocenters. The molecule has 2 fully saturated rings. The zero-order valence-electron chi connectivity index (χ0n) is 13.3. The van der Waals surface area contributed by atoms with Gasteiger partial charge in [-0.3, -0.25) is 0 Å². The first-order chi connectivity index (χ1) is 10.1. The van der Waals surface area contributed by atoms with Crippen LogP contribution in [0.25, 0.3) is 0 Å². The van der Waals surface area contributed by atoms with Gasteiger partial charge in [-0.25, -0.2) is 4.98 Å². The van der Waals surface area contributed by atoms with Crippen molar-refractivity contribution in [2.24, 2.45) is 11.8 Å². The first-order valence-corrected chi connectivity index (χ1v) is 8.20. The molecule has 0 radical (unpaired) electrons. The average Bonchev–Trinajstić information content (AvgIpc) is 2.47. The second kappa shape index (κ2) is 5.36. The van der Waals surface area contributed by atoms with E-state index in [1.165, 1.54) is 5.56 Å². The maximum atomic E-state index is 11.6. The van der Waals surface area contributed by atoms with Crippen molar-refractivity contribution in [2.75, 3.05) is 13.7 Å². The number of nitrogens with zero attached hydrogens (tertiary/aromatic N) is 1. The van der Waals surface area contributed by atoms with E-state index in [9.17, 15) is 5.11 Å². The molecule has 1 saturated heterocycles. The maximum absolute atomic E-state index is 11.6. The van der Waals surface area contributed by atoms with Crippen molar-refractivity contribution >= 4 is 0 Å². The van der Waals surface area contributed by atoms with Gasteiger partial charge < -0.3 is 27.6 Å². The summed E-state index contributed by atoms with van der Waals surface area (Å²) in [6.45, 7) is 3.44. The van der Waals surface area contributed by atoms with Crippen molar-refractivity contribution < 1.29 is 27.6 Å². The summed E-state index contributed by atoms with van der Waals surface area (Å²) >= 11 is 0. The van der Waals surface area contributed by atoms with Crippen molar-refractivity contribution in [2.45, 2.75) is 50.2 Å². The number of rotatable bonds is 1.